The average Bonchev–Trinajstić information content (AvgIpc) is 2.67. The molecule has 0 fully saturated rings. The average molecular weight is 205 g/mol. The molecule has 0 saturated carbocycles. The van der Waals surface area contributed by atoms with Crippen molar-refractivity contribution in [2.45, 2.75) is 45.8 Å². The van der Waals surface area contributed by atoms with E-state index in [0.717, 1.165) is 31.4 Å². The molecule has 0 aliphatic heterocycles. The van der Waals surface area contributed by atoms with Gasteiger partial charge in [-0.05, 0) is 25.0 Å². The predicted octanol–water partition coefficient (Wildman–Crippen LogP) is 2.74. The van der Waals surface area contributed by atoms with E-state index < -0.39 is 0 Å². The van der Waals surface area contributed by atoms with Crippen molar-refractivity contribution in [2.75, 3.05) is 0 Å². The Hall–Kier alpha value is -1.20. The third-order valence-corrected chi connectivity index (χ3v) is 2.39. The van der Waals surface area contributed by atoms with Crippen molar-refractivity contribution >= 4 is 0 Å². The smallest absolute Gasteiger partial charge is 0.0804 e. The minimum absolute atomic E-state index is 0.312. The summed E-state index contributed by atoms with van der Waals surface area (Å²) in [5, 5.41) is 9.76. The number of hydrogen-bond acceptors (Lipinski definition) is 1. The minimum atomic E-state index is -0.312. The maximum absolute atomic E-state index is 9.76. The summed E-state index contributed by atoms with van der Waals surface area (Å²) in [6.07, 6.45) is 6.41. The molecule has 2 heteroatoms. The summed E-state index contributed by atoms with van der Waals surface area (Å²) < 4.78 is 2.08. The van der Waals surface area contributed by atoms with Crippen LogP contribution in [-0.4, -0.2) is 9.67 Å². The molecule has 82 valence electrons. The maximum Gasteiger partial charge on any atom is 0.0804 e. The largest absolute Gasteiger partial charge is 0.388 e. The van der Waals surface area contributed by atoms with E-state index in [0.29, 0.717) is 0 Å². The first-order chi connectivity index (χ1) is 7.27. The summed E-state index contributed by atoms with van der Waals surface area (Å²) in [5.74, 6) is 5.90. The molecular formula is C13H19NO. The standard InChI is InChI=1S/C13H19NO/c1-3-5-6-9-14-10-8-12(11-14)13(15)7-4-2/h8,10-11,13,15H,4,6-7,9H2,1-2H3. The third kappa shape index (κ3) is 3.81. The molecule has 0 aliphatic carbocycles. The summed E-state index contributed by atoms with van der Waals surface area (Å²) in [6, 6.07) is 1.99. The highest BCUT2D eigenvalue weighted by molar-refractivity contribution is 5.13. The Morgan fingerprint density at radius 2 is 2.33 bits per heavy atom. The number of aryl methyl sites for hydroxylation is 1. The van der Waals surface area contributed by atoms with Crippen LogP contribution >= 0.6 is 0 Å². The molecule has 2 nitrogen and oxygen atoms in total. The Morgan fingerprint density at radius 3 is 3.00 bits per heavy atom. The number of aromatic nitrogens is 1. The SMILES string of the molecule is CC#CCCn1ccc(C(O)CCC)c1. The fraction of sp³-hybridized carbons (Fsp3) is 0.538. The van der Waals surface area contributed by atoms with Crippen molar-refractivity contribution in [3.05, 3.63) is 24.0 Å². The van der Waals surface area contributed by atoms with Crippen molar-refractivity contribution in [1.29, 1.82) is 0 Å². The van der Waals surface area contributed by atoms with Crippen LogP contribution < -0.4 is 0 Å². The van der Waals surface area contributed by atoms with Gasteiger partial charge in [-0.25, -0.2) is 0 Å². The lowest BCUT2D eigenvalue weighted by Gasteiger charge is -2.05. The first kappa shape index (κ1) is 11.9. The highest BCUT2D eigenvalue weighted by Gasteiger charge is 2.06. The summed E-state index contributed by atoms with van der Waals surface area (Å²) in [5.41, 5.74) is 1.02. The van der Waals surface area contributed by atoms with Crippen LogP contribution in [0.15, 0.2) is 18.5 Å². The van der Waals surface area contributed by atoms with E-state index in [-0.39, 0.29) is 6.10 Å². The van der Waals surface area contributed by atoms with Crippen molar-refractivity contribution < 1.29 is 5.11 Å². The van der Waals surface area contributed by atoms with Crippen molar-refractivity contribution in [1.82, 2.24) is 4.57 Å². The quantitative estimate of drug-likeness (QED) is 0.735. The van der Waals surface area contributed by atoms with E-state index in [1.807, 2.05) is 25.4 Å². The Bertz CT molecular complexity index is 343. The molecule has 1 atom stereocenters. The van der Waals surface area contributed by atoms with Crippen LogP contribution in [-0.2, 0) is 6.54 Å². The molecule has 1 aromatic heterocycles. The Kier molecular flexibility index (Phi) is 5.00. The molecule has 0 spiro atoms. The molecule has 1 unspecified atom stereocenters. The van der Waals surface area contributed by atoms with Gasteiger partial charge in [0.1, 0.15) is 0 Å². The fourth-order valence-corrected chi connectivity index (χ4v) is 1.55. The summed E-state index contributed by atoms with van der Waals surface area (Å²) in [6.45, 7) is 4.84. The van der Waals surface area contributed by atoms with Gasteiger partial charge in [0.05, 0.1) is 6.10 Å². The molecule has 0 amide bonds. The zero-order chi connectivity index (χ0) is 11.1. The molecule has 1 heterocycles. The van der Waals surface area contributed by atoms with E-state index in [9.17, 15) is 5.11 Å². The van der Waals surface area contributed by atoms with Crippen molar-refractivity contribution in [3.63, 3.8) is 0 Å². The van der Waals surface area contributed by atoms with Gasteiger partial charge in [0.15, 0.2) is 0 Å². The second-order valence-electron chi connectivity index (χ2n) is 3.66. The lowest BCUT2D eigenvalue weighted by Crippen LogP contribution is -1.96. The van der Waals surface area contributed by atoms with Gasteiger partial charge in [-0.3, -0.25) is 0 Å². The molecule has 0 aromatic carbocycles. The second kappa shape index (κ2) is 6.31. The van der Waals surface area contributed by atoms with E-state index in [4.69, 9.17) is 0 Å². The summed E-state index contributed by atoms with van der Waals surface area (Å²) in [4.78, 5) is 0. The fourth-order valence-electron chi connectivity index (χ4n) is 1.55. The molecule has 1 aromatic rings. The molecule has 0 bridgehead atoms. The Balaban J connectivity index is 2.50. The molecule has 0 radical (unpaired) electrons. The first-order valence-corrected chi connectivity index (χ1v) is 5.51. The van der Waals surface area contributed by atoms with Gasteiger partial charge in [0.25, 0.3) is 0 Å². The summed E-state index contributed by atoms with van der Waals surface area (Å²) >= 11 is 0. The lowest BCUT2D eigenvalue weighted by molar-refractivity contribution is 0.166. The predicted molar refractivity (Wildman–Crippen MR) is 62.4 cm³/mol. The van der Waals surface area contributed by atoms with Crippen LogP contribution in [0.1, 0.15) is 44.8 Å². The van der Waals surface area contributed by atoms with Gasteiger partial charge in [0.2, 0.25) is 0 Å². The number of rotatable bonds is 5. The van der Waals surface area contributed by atoms with Gasteiger partial charge >= 0.3 is 0 Å². The number of nitrogens with zero attached hydrogens (tertiary/aromatic N) is 1. The topological polar surface area (TPSA) is 25.2 Å². The van der Waals surface area contributed by atoms with Crippen LogP contribution in [0, 0.1) is 11.8 Å². The molecule has 0 aliphatic rings. The molecular weight excluding hydrogens is 186 g/mol. The third-order valence-electron chi connectivity index (χ3n) is 2.39. The van der Waals surface area contributed by atoms with E-state index in [2.05, 4.69) is 23.3 Å². The van der Waals surface area contributed by atoms with E-state index in [1.165, 1.54) is 0 Å². The van der Waals surface area contributed by atoms with Crippen LogP contribution in [0.4, 0.5) is 0 Å². The second-order valence-corrected chi connectivity index (χ2v) is 3.66. The monoisotopic (exact) mass is 205 g/mol. The zero-order valence-electron chi connectivity index (χ0n) is 9.53. The number of hydrogen-bond donors (Lipinski definition) is 1. The molecule has 1 rings (SSSR count). The van der Waals surface area contributed by atoms with Crippen LogP contribution in [0.3, 0.4) is 0 Å². The van der Waals surface area contributed by atoms with Crippen LogP contribution in [0.25, 0.3) is 0 Å². The van der Waals surface area contributed by atoms with Crippen LogP contribution in [0.5, 0.6) is 0 Å². The van der Waals surface area contributed by atoms with Gasteiger partial charge in [-0.15, -0.1) is 11.8 Å². The highest BCUT2D eigenvalue weighted by Crippen LogP contribution is 2.18. The number of aliphatic hydroxyl groups is 1. The zero-order valence-corrected chi connectivity index (χ0v) is 9.53. The van der Waals surface area contributed by atoms with Crippen molar-refractivity contribution in [2.24, 2.45) is 0 Å². The van der Waals surface area contributed by atoms with E-state index in [1.54, 1.807) is 0 Å². The molecule has 0 saturated heterocycles. The maximum atomic E-state index is 9.76. The summed E-state index contributed by atoms with van der Waals surface area (Å²) in [7, 11) is 0. The molecule has 15 heavy (non-hydrogen) atoms. The van der Waals surface area contributed by atoms with E-state index >= 15 is 0 Å². The highest BCUT2D eigenvalue weighted by atomic mass is 16.3. The Morgan fingerprint density at radius 1 is 1.53 bits per heavy atom. The van der Waals surface area contributed by atoms with Gasteiger partial charge in [0, 0.05) is 25.4 Å². The number of aliphatic hydroxyl groups excluding tert-OH is 1. The minimum Gasteiger partial charge on any atom is -0.388 e. The van der Waals surface area contributed by atoms with Gasteiger partial charge in [-0.2, -0.15) is 0 Å². The van der Waals surface area contributed by atoms with Gasteiger partial charge in [-0.1, -0.05) is 13.3 Å². The van der Waals surface area contributed by atoms with Gasteiger partial charge < -0.3 is 9.67 Å². The van der Waals surface area contributed by atoms with Crippen molar-refractivity contribution in [3.8, 4) is 11.8 Å². The normalized spacial score (nSPS) is 11.9. The first-order valence-electron chi connectivity index (χ1n) is 5.51. The molecule has 1 N–H and O–H groups in total. The van der Waals surface area contributed by atoms with Crippen LogP contribution in [0.2, 0.25) is 0 Å². The Labute approximate surface area is 91.9 Å². The lowest BCUT2D eigenvalue weighted by atomic mass is 10.1.